The first-order valence-electron chi connectivity index (χ1n) is 9.73. The topological polar surface area (TPSA) is 66.5 Å². The number of hydrogen-bond donors (Lipinski definition) is 1. The standard InChI is InChI=1S/C22H19F3N2O3/c23-22(24,25)16-10-4-5-11-17(16)26-19(28)15-9-3-6-12-18(15)27-20(29)13-7-1-2-8-14(13)21(27)30/h3-6,9-14H,1-2,7-8H2,(H,26,28). The molecule has 8 heteroatoms. The van der Waals surface area contributed by atoms with Crippen molar-refractivity contribution in [1.82, 2.24) is 0 Å². The summed E-state index contributed by atoms with van der Waals surface area (Å²) >= 11 is 0. The zero-order valence-corrected chi connectivity index (χ0v) is 15.9. The van der Waals surface area contributed by atoms with Crippen LogP contribution in [0.4, 0.5) is 24.5 Å². The first kappa shape index (κ1) is 20.1. The Bertz CT molecular complexity index is 995. The van der Waals surface area contributed by atoms with Crippen molar-refractivity contribution in [3.8, 4) is 0 Å². The van der Waals surface area contributed by atoms with Crippen LogP contribution in [0.15, 0.2) is 48.5 Å². The van der Waals surface area contributed by atoms with E-state index >= 15 is 0 Å². The first-order chi connectivity index (χ1) is 14.3. The van der Waals surface area contributed by atoms with Gasteiger partial charge in [0.2, 0.25) is 11.8 Å². The highest BCUT2D eigenvalue weighted by Crippen LogP contribution is 2.41. The summed E-state index contributed by atoms with van der Waals surface area (Å²) in [6.45, 7) is 0. The minimum Gasteiger partial charge on any atom is -0.321 e. The molecular weight excluding hydrogens is 397 g/mol. The second-order valence-electron chi connectivity index (χ2n) is 7.52. The normalized spacial score (nSPS) is 21.5. The number of para-hydroxylation sites is 2. The molecule has 2 aromatic carbocycles. The fourth-order valence-corrected chi connectivity index (χ4v) is 4.29. The Labute approximate surface area is 170 Å². The Morgan fingerprint density at radius 1 is 0.900 bits per heavy atom. The number of imide groups is 1. The fraction of sp³-hybridized carbons (Fsp3) is 0.318. The number of rotatable bonds is 3. The first-order valence-corrected chi connectivity index (χ1v) is 9.73. The van der Waals surface area contributed by atoms with Crippen molar-refractivity contribution in [2.24, 2.45) is 11.8 Å². The highest BCUT2D eigenvalue weighted by atomic mass is 19.4. The van der Waals surface area contributed by atoms with Crippen molar-refractivity contribution in [2.75, 3.05) is 10.2 Å². The van der Waals surface area contributed by atoms with Gasteiger partial charge >= 0.3 is 6.18 Å². The van der Waals surface area contributed by atoms with Crippen molar-refractivity contribution in [3.05, 3.63) is 59.7 Å². The van der Waals surface area contributed by atoms with Crippen molar-refractivity contribution in [1.29, 1.82) is 0 Å². The van der Waals surface area contributed by atoms with Crippen LogP contribution >= 0.6 is 0 Å². The fourth-order valence-electron chi connectivity index (χ4n) is 4.29. The third-order valence-electron chi connectivity index (χ3n) is 5.71. The Morgan fingerprint density at radius 3 is 2.10 bits per heavy atom. The van der Waals surface area contributed by atoms with Crippen LogP contribution in [0.1, 0.15) is 41.6 Å². The van der Waals surface area contributed by atoms with E-state index in [4.69, 9.17) is 0 Å². The maximum Gasteiger partial charge on any atom is 0.418 e. The van der Waals surface area contributed by atoms with Crippen LogP contribution < -0.4 is 10.2 Å². The molecule has 2 unspecified atom stereocenters. The molecule has 1 N–H and O–H groups in total. The number of hydrogen-bond acceptors (Lipinski definition) is 3. The van der Waals surface area contributed by atoms with Crippen molar-refractivity contribution in [2.45, 2.75) is 31.9 Å². The number of carbonyl (C=O) groups is 3. The molecule has 2 aliphatic rings. The van der Waals surface area contributed by atoms with Gasteiger partial charge in [0, 0.05) is 0 Å². The predicted molar refractivity (Wildman–Crippen MR) is 104 cm³/mol. The maximum absolute atomic E-state index is 13.2. The van der Waals surface area contributed by atoms with Gasteiger partial charge in [0.1, 0.15) is 0 Å². The summed E-state index contributed by atoms with van der Waals surface area (Å²) in [7, 11) is 0. The van der Waals surface area contributed by atoms with Gasteiger partial charge in [0.05, 0.1) is 34.3 Å². The number of anilines is 2. The van der Waals surface area contributed by atoms with E-state index in [1.165, 1.54) is 30.3 Å². The number of carbonyl (C=O) groups excluding carboxylic acids is 3. The van der Waals surface area contributed by atoms with Crippen LogP contribution in [0, 0.1) is 11.8 Å². The van der Waals surface area contributed by atoms with E-state index in [1.807, 2.05) is 0 Å². The quantitative estimate of drug-likeness (QED) is 0.742. The predicted octanol–water partition coefficient (Wildman–Crippen LogP) is 4.64. The third kappa shape index (κ3) is 3.46. The summed E-state index contributed by atoms with van der Waals surface area (Å²) in [6, 6.07) is 10.6. The number of nitrogens with one attached hydrogen (secondary N) is 1. The highest BCUT2D eigenvalue weighted by molar-refractivity contribution is 6.24. The van der Waals surface area contributed by atoms with Crippen molar-refractivity contribution >= 4 is 29.1 Å². The summed E-state index contributed by atoms with van der Waals surface area (Å²) in [6.07, 6.45) is -1.66. The van der Waals surface area contributed by atoms with E-state index in [0.29, 0.717) is 12.8 Å². The molecule has 2 aromatic rings. The molecule has 1 saturated carbocycles. The van der Waals surface area contributed by atoms with E-state index in [2.05, 4.69) is 5.32 Å². The summed E-state index contributed by atoms with van der Waals surface area (Å²) in [5, 5.41) is 2.28. The van der Waals surface area contributed by atoms with E-state index in [0.717, 1.165) is 29.9 Å². The zero-order valence-electron chi connectivity index (χ0n) is 15.9. The second-order valence-corrected chi connectivity index (χ2v) is 7.52. The van der Waals surface area contributed by atoms with Gasteiger partial charge in [-0.1, -0.05) is 37.1 Å². The van der Waals surface area contributed by atoms with Crippen LogP contribution in [-0.2, 0) is 15.8 Å². The number of benzene rings is 2. The van der Waals surface area contributed by atoms with Gasteiger partial charge in [-0.05, 0) is 37.1 Å². The lowest BCUT2D eigenvalue weighted by atomic mass is 9.81. The number of nitrogens with zero attached hydrogens (tertiary/aromatic N) is 1. The Hall–Kier alpha value is -3.16. The van der Waals surface area contributed by atoms with Crippen LogP contribution in [0.3, 0.4) is 0 Å². The molecule has 2 atom stereocenters. The van der Waals surface area contributed by atoms with Gasteiger partial charge in [-0.25, -0.2) is 4.90 Å². The molecule has 3 amide bonds. The molecular formula is C22H19F3N2O3. The molecule has 0 aromatic heterocycles. The van der Waals surface area contributed by atoms with Crippen molar-refractivity contribution < 1.29 is 27.6 Å². The van der Waals surface area contributed by atoms with E-state index in [9.17, 15) is 27.6 Å². The summed E-state index contributed by atoms with van der Waals surface area (Å²) in [4.78, 5) is 39.7. The van der Waals surface area contributed by atoms with Crippen LogP contribution in [-0.4, -0.2) is 17.7 Å². The smallest absolute Gasteiger partial charge is 0.321 e. The van der Waals surface area contributed by atoms with Crippen LogP contribution in [0.5, 0.6) is 0 Å². The lowest BCUT2D eigenvalue weighted by Gasteiger charge is -2.19. The minimum atomic E-state index is -4.64. The number of amides is 3. The third-order valence-corrected chi connectivity index (χ3v) is 5.71. The van der Waals surface area contributed by atoms with Gasteiger partial charge in [0.15, 0.2) is 0 Å². The van der Waals surface area contributed by atoms with Gasteiger partial charge < -0.3 is 5.32 Å². The molecule has 156 valence electrons. The van der Waals surface area contributed by atoms with Crippen molar-refractivity contribution in [3.63, 3.8) is 0 Å². The van der Waals surface area contributed by atoms with Gasteiger partial charge in [-0.15, -0.1) is 0 Å². The Kier molecular flexibility index (Phi) is 5.09. The Balaban J connectivity index is 1.67. The molecule has 0 radical (unpaired) electrons. The molecule has 1 saturated heterocycles. The Morgan fingerprint density at radius 2 is 1.47 bits per heavy atom. The molecule has 1 heterocycles. The molecule has 5 nitrogen and oxygen atoms in total. The van der Waals surface area contributed by atoms with Crippen LogP contribution in [0.25, 0.3) is 0 Å². The number of halogens is 3. The molecule has 0 bridgehead atoms. The minimum absolute atomic E-state index is 0.0326. The average Bonchev–Trinajstić information content (AvgIpc) is 2.98. The van der Waals surface area contributed by atoms with Gasteiger partial charge in [0.25, 0.3) is 5.91 Å². The van der Waals surface area contributed by atoms with E-state index < -0.39 is 35.2 Å². The average molecular weight is 416 g/mol. The SMILES string of the molecule is O=C(Nc1ccccc1C(F)(F)F)c1ccccc1N1C(=O)C2CCCCC2C1=O. The lowest BCUT2D eigenvalue weighted by Crippen LogP contribution is -2.33. The van der Waals surface area contributed by atoms with E-state index in [1.54, 1.807) is 6.07 Å². The molecule has 1 aliphatic heterocycles. The molecule has 0 spiro atoms. The summed E-state index contributed by atoms with van der Waals surface area (Å²) < 4.78 is 39.7. The number of alkyl halides is 3. The van der Waals surface area contributed by atoms with Gasteiger partial charge in [-0.2, -0.15) is 13.2 Å². The maximum atomic E-state index is 13.2. The highest BCUT2D eigenvalue weighted by Gasteiger charge is 2.49. The zero-order chi connectivity index (χ0) is 21.5. The molecule has 4 rings (SSSR count). The van der Waals surface area contributed by atoms with E-state index in [-0.39, 0.29) is 23.1 Å². The number of fused-ring (bicyclic) bond motifs is 1. The summed E-state index contributed by atoms with van der Waals surface area (Å²) in [5.74, 6) is -2.30. The lowest BCUT2D eigenvalue weighted by molar-refractivity contribution is -0.137. The van der Waals surface area contributed by atoms with Gasteiger partial charge in [-0.3, -0.25) is 14.4 Å². The monoisotopic (exact) mass is 416 g/mol. The largest absolute Gasteiger partial charge is 0.418 e. The molecule has 1 aliphatic carbocycles. The molecule has 30 heavy (non-hydrogen) atoms. The van der Waals surface area contributed by atoms with Crippen LogP contribution in [0.2, 0.25) is 0 Å². The second kappa shape index (κ2) is 7.59. The molecule has 2 fully saturated rings. The summed E-state index contributed by atoms with van der Waals surface area (Å²) in [5.41, 5.74) is -1.30.